The number of carbonyl (C=O) groups excluding carboxylic acids is 1. The molecule has 120 valence electrons. The minimum Gasteiger partial charge on any atom is -0.354 e. The van der Waals surface area contributed by atoms with Gasteiger partial charge in [-0.25, -0.2) is 0 Å². The number of thioether (sulfide) groups is 1. The van der Waals surface area contributed by atoms with Crippen LogP contribution in [0, 0.1) is 20.8 Å². The summed E-state index contributed by atoms with van der Waals surface area (Å²) < 4.78 is 0.963. The molecular formula is C13H20N6OS2. The second kappa shape index (κ2) is 7.70. The first-order chi connectivity index (χ1) is 10.5. The quantitative estimate of drug-likeness (QED) is 0.520. The molecule has 0 aromatic carbocycles. The number of carbonyl (C=O) groups is 1. The van der Waals surface area contributed by atoms with Crippen LogP contribution in [-0.2, 0) is 4.79 Å². The summed E-state index contributed by atoms with van der Waals surface area (Å²) in [5, 5.41) is 18.7. The van der Waals surface area contributed by atoms with Crippen molar-refractivity contribution in [2.24, 2.45) is 5.73 Å². The Kier molecular flexibility index (Phi) is 5.92. The van der Waals surface area contributed by atoms with Gasteiger partial charge in [-0.15, -0.1) is 10.2 Å². The van der Waals surface area contributed by atoms with Crippen LogP contribution >= 0.6 is 23.1 Å². The molecule has 1 atom stereocenters. The third-order valence-electron chi connectivity index (χ3n) is 3.13. The molecule has 7 nitrogen and oxygen atoms in total. The molecule has 0 aliphatic heterocycles. The molecule has 0 aliphatic carbocycles. The maximum atomic E-state index is 12.1. The minimum atomic E-state index is -0.683. The van der Waals surface area contributed by atoms with Gasteiger partial charge in [-0.2, -0.15) is 5.10 Å². The van der Waals surface area contributed by atoms with Gasteiger partial charge >= 0.3 is 0 Å². The molecule has 2 aromatic heterocycles. The second-order valence-electron chi connectivity index (χ2n) is 4.91. The zero-order valence-corrected chi connectivity index (χ0v) is 14.5. The number of H-pyrrole nitrogens is 1. The van der Waals surface area contributed by atoms with Crippen LogP contribution < -0.4 is 11.1 Å². The van der Waals surface area contributed by atoms with Gasteiger partial charge in [-0.3, -0.25) is 9.89 Å². The number of nitrogens with one attached hydrogen (secondary N) is 2. The van der Waals surface area contributed by atoms with Gasteiger partial charge in [-0.1, -0.05) is 23.1 Å². The molecule has 0 saturated heterocycles. The van der Waals surface area contributed by atoms with Gasteiger partial charge in [0.15, 0.2) is 4.34 Å². The molecule has 1 unspecified atom stereocenters. The Morgan fingerprint density at radius 1 is 1.41 bits per heavy atom. The lowest BCUT2D eigenvalue weighted by Crippen LogP contribution is -2.35. The van der Waals surface area contributed by atoms with Crippen LogP contribution in [0.1, 0.15) is 34.4 Å². The summed E-state index contributed by atoms with van der Waals surface area (Å²) >= 11 is 3.23. The predicted molar refractivity (Wildman–Crippen MR) is 88.0 cm³/mol. The smallest absolute Gasteiger partial charge is 0.241 e. The molecule has 2 rings (SSSR count). The maximum absolute atomic E-state index is 12.1. The van der Waals surface area contributed by atoms with E-state index in [1.165, 1.54) is 0 Å². The third-order valence-corrected chi connectivity index (χ3v) is 5.19. The first-order valence-electron chi connectivity index (χ1n) is 6.96. The average Bonchev–Trinajstić information content (AvgIpc) is 3.04. The summed E-state index contributed by atoms with van der Waals surface area (Å²) in [6.45, 7) is 6.23. The Hall–Kier alpha value is -1.45. The third kappa shape index (κ3) is 4.28. The van der Waals surface area contributed by atoms with E-state index < -0.39 is 6.04 Å². The Labute approximate surface area is 137 Å². The number of hydrogen-bond acceptors (Lipinski definition) is 7. The van der Waals surface area contributed by atoms with Crippen molar-refractivity contribution in [1.29, 1.82) is 0 Å². The van der Waals surface area contributed by atoms with E-state index in [-0.39, 0.29) is 5.91 Å². The van der Waals surface area contributed by atoms with Gasteiger partial charge in [0.2, 0.25) is 5.91 Å². The van der Waals surface area contributed by atoms with Crippen molar-refractivity contribution in [3.8, 4) is 0 Å². The molecule has 2 heterocycles. The van der Waals surface area contributed by atoms with Crippen molar-refractivity contribution in [1.82, 2.24) is 25.7 Å². The molecular weight excluding hydrogens is 320 g/mol. The van der Waals surface area contributed by atoms with E-state index in [2.05, 4.69) is 25.7 Å². The minimum absolute atomic E-state index is 0.177. The first kappa shape index (κ1) is 16.9. The fourth-order valence-electron chi connectivity index (χ4n) is 2.04. The number of aryl methyl sites for hydroxylation is 3. The van der Waals surface area contributed by atoms with E-state index in [0.717, 1.165) is 38.5 Å². The zero-order valence-electron chi connectivity index (χ0n) is 12.8. The lowest BCUT2D eigenvalue weighted by atomic mass is 10.1. The molecule has 2 aromatic rings. The average molecular weight is 340 g/mol. The maximum Gasteiger partial charge on any atom is 0.241 e. The number of nitrogens with two attached hydrogens (primary N) is 1. The molecule has 0 saturated carbocycles. The number of aromatic amines is 1. The molecule has 0 fully saturated rings. The van der Waals surface area contributed by atoms with Gasteiger partial charge in [0, 0.05) is 23.6 Å². The standard InChI is InChI=1S/C13H20N6OS2/c1-7-10(8(2)17-16-7)11(14)12(20)15-5-4-6-21-13-19-18-9(3)22-13/h11H,4-6,14H2,1-3H3,(H,15,20)(H,16,17). The SMILES string of the molecule is Cc1nnc(SCCCNC(=O)C(N)c2c(C)n[nH]c2C)s1. The Bertz CT molecular complexity index is 619. The fourth-order valence-corrected chi connectivity index (χ4v) is 3.86. The van der Waals surface area contributed by atoms with Crippen LogP contribution in [0.3, 0.4) is 0 Å². The molecule has 4 N–H and O–H groups in total. The number of nitrogens with zero attached hydrogens (tertiary/aromatic N) is 3. The van der Waals surface area contributed by atoms with Crippen LogP contribution in [-0.4, -0.2) is 38.6 Å². The Morgan fingerprint density at radius 3 is 2.77 bits per heavy atom. The monoisotopic (exact) mass is 340 g/mol. The van der Waals surface area contributed by atoms with Gasteiger partial charge in [0.05, 0.1) is 5.69 Å². The predicted octanol–water partition coefficient (Wildman–Crippen LogP) is 1.48. The molecule has 1 amide bonds. The lowest BCUT2D eigenvalue weighted by Gasteiger charge is -2.12. The van der Waals surface area contributed by atoms with E-state index in [4.69, 9.17) is 5.73 Å². The lowest BCUT2D eigenvalue weighted by molar-refractivity contribution is -0.122. The van der Waals surface area contributed by atoms with Gasteiger partial charge < -0.3 is 11.1 Å². The first-order valence-corrected chi connectivity index (χ1v) is 8.77. The Morgan fingerprint density at radius 2 is 2.18 bits per heavy atom. The van der Waals surface area contributed by atoms with Crippen molar-refractivity contribution >= 4 is 29.0 Å². The van der Waals surface area contributed by atoms with Crippen molar-refractivity contribution in [2.75, 3.05) is 12.3 Å². The molecule has 0 bridgehead atoms. The van der Waals surface area contributed by atoms with E-state index >= 15 is 0 Å². The highest BCUT2D eigenvalue weighted by Gasteiger charge is 2.21. The van der Waals surface area contributed by atoms with Crippen molar-refractivity contribution in [3.63, 3.8) is 0 Å². The van der Waals surface area contributed by atoms with Crippen LogP contribution in [0.5, 0.6) is 0 Å². The molecule has 0 aliphatic rings. The summed E-state index contributed by atoms with van der Waals surface area (Å²) in [6, 6.07) is -0.683. The van der Waals surface area contributed by atoms with Crippen LogP contribution in [0.4, 0.5) is 0 Å². The summed E-state index contributed by atoms with van der Waals surface area (Å²) in [6.07, 6.45) is 0.852. The van der Waals surface area contributed by atoms with E-state index in [0.29, 0.717) is 6.54 Å². The summed E-state index contributed by atoms with van der Waals surface area (Å²) in [5.74, 6) is 0.706. The number of amides is 1. The zero-order chi connectivity index (χ0) is 16.1. The number of rotatable bonds is 7. The Balaban J connectivity index is 1.71. The van der Waals surface area contributed by atoms with E-state index in [9.17, 15) is 4.79 Å². The molecule has 9 heteroatoms. The van der Waals surface area contributed by atoms with Crippen LogP contribution in [0.25, 0.3) is 0 Å². The van der Waals surface area contributed by atoms with Gasteiger partial charge in [0.25, 0.3) is 0 Å². The largest absolute Gasteiger partial charge is 0.354 e. The highest BCUT2D eigenvalue weighted by molar-refractivity contribution is 8.01. The topological polar surface area (TPSA) is 110 Å². The number of aromatic nitrogens is 4. The van der Waals surface area contributed by atoms with Crippen molar-refractivity contribution in [3.05, 3.63) is 22.0 Å². The molecule has 0 spiro atoms. The highest BCUT2D eigenvalue weighted by Crippen LogP contribution is 2.22. The number of hydrogen-bond donors (Lipinski definition) is 3. The highest BCUT2D eigenvalue weighted by atomic mass is 32.2. The van der Waals surface area contributed by atoms with Crippen LogP contribution in [0.15, 0.2) is 4.34 Å². The second-order valence-corrected chi connectivity index (χ2v) is 7.43. The summed E-state index contributed by atoms with van der Waals surface area (Å²) in [7, 11) is 0. The normalized spacial score (nSPS) is 12.4. The fraction of sp³-hybridized carbons (Fsp3) is 0.538. The van der Waals surface area contributed by atoms with Crippen molar-refractivity contribution in [2.45, 2.75) is 37.6 Å². The van der Waals surface area contributed by atoms with E-state index in [1.54, 1.807) is 23.1 Å². The summed E-state index contributed by atoms with van der Waals surface area (Å²) in [5.41, 5.74) is 8.38. The molecule has 0 radical (unpaired) electrons. The van der Waals surface area contributed by atoms with E-state index in [1.807, 2.05) is 20.8 Å². The van der Waals surface area contributed by atoms with Crippen molar-refractivity contribution < 1.29 is 4.79 Å². The van der Waals surface area contributed by atoms with Gasteiger partial charge in [0.1, 0.15) is 11.0 Å². The molecule has 22 heavy (non-hydrogen) atoms. The van der Waals surface area contributed by atoms with Crippen LogP contribution in [0.2, 0.25) is 0 Å². The van der Waals surface area contributed by atoms with Gasteiger partial charge in [-0.05, 0) is 27.2 Å². The summed E-state index contributed by atoms with van der Waals surface area (Å²) in [4.78, 5) is 12.1.